The van der Waals surface area contributed by atoms with Gasteiger partial charge in [-0.25, -0.2) is 0 Å². The maximum Gasteiger partial charge on any atom is 0.247 e. The van der Waals surface area contributed by atoms with Crippen LogP contribution in [0.15, 0.2) is 22.6 Å². The number of nitrogens with one attached hydrogen (secondary N) is 1. The second kappa shape index (κ2) is 5.15. The van der Waals surface area contributed by atoms with E-state index in [2.05, 4.69) is 12.2 Å². The number of hydrogen-bond acceptors (Lipinski definition) is 3. The summed E-state index contributed by atoms with van der Waals surface area (Å²) in [5, 5.41) is 2.69. The van der Waals surface area contributed by atoms with E-state index in [1.165, 1.54) is 17.4 Å². The zero-order chi connectivity index (χ0) is 14.1. The fraction of sp³-hybridized carbons (Fsp3) is 0.467. The SMILES string of the molecule is C[C@@H]1C[C@H]1c1ccc(/C=C\C(=O)N2CCNC(=O)C2)o1. The van der Waals surface area contributed by atoms with Crippen molar-refractivity contribution in [2.24, 2.45) is 5.92 Å². The minimum atomic E-state index is -0.155. The van der Waals surface area contributed by atoms with Crippen molar-refractivity contribution in [1.29, 1.82) is 0 Å². The summed E-state index contributed by atoms with van der Waals surface area (Å²) < 4.78 is 5.70. The molecular formula is C15H18N2O3. The van der Waals surface area contributed by atoms with E-state index in [4.69, 9.17) is 4.42 Å². The van der Waals surface area contributed by atoms with Crippen LogP contribution in [-0.4, -0.2) is 36.3 Å². The minimum absolute atomic E-state index is 0.110. The number of nitrogens with zero attached hydrogens (tertiary/aromatic N) is 1. The van der Waals surface area contributed by atoms with Gasteiger partial charge >= 0.3 is 0 Å². The van der Waals surface area contributed by atoms with Gasteiger partial charge in [0.15, 0.2) is 0 Å². The Bertz CT molecular complexity index is 561. The highest BCUT2D eigenvalue weighted by Gasteiger charge is 2.36. The van der Waals surface area contributed by atoms with Crippen molar-refractivity contribution < 1.29 is 14.0 Å². The van der Waals surface area contributed by atoms with Crippen LogP contribution in [-0.2, 0) is 9.59 Å². The molecule has 3 rings (SSSR count). The van der Waals surface area contributed by atoms with Crippen LogP contribution >= 0.6 is 0 Å². The lowest BCUT2D eigenvalue weighted by Crippen LogP contribution is -2.49. The molecule has 1 aliphatic heterocycles. The summed E-state index contributed by atoms with van der Waals surface area (Å²) in [5.41, 5.74) is 0. The van der Waals surface area contributed by atoms with Gasteiger partial charge in [-0.15, -0.1) is 0 Å². The molecule has 1 saturated carbocycles. The van der Waals surface area contributed by atoms with Crippen molar-refractivity contribution in [3.05, 3.63) is 29.7 Å². The fourth-order valence-corrected chi connectivity index (χ4v) is 2.46. The summed E-state index contributed by atoms with van der Waals surface area (Å²) in [5.74, 6) is 2.67. The number of hydrogen-bond donors (Lipinski definition) is 1. The largest absolute Gasteiger partial charge is 0.461 e. The van der Waals surface area contributed by atoms with E-state index < -0.39 is 0 Å². The van der Waals surface area contributed by atoms with Gasteiger partial charge < -0.3 is 14.6 Å². The van der Waals surface area contributed by atoms with Gasteiger partial charge in [-0.1, -0.05) is 6.92 Å². The smallest absolute Gasteiger partial charge is 0.247 e. The van der Waals surface area contributed by atoms with Gasteiger partial charge in [-0.3, -0.25) is 9.59 Å². The Morgan fingerprint density at radius 3 is 3.00 bits per heavy atom. The molecule has 0 spiro atoms. The number of furan rings is 1. The zero-order valence-electron chi connectivity index (χ0n) is 11.5. The molecule has 2 fully saturated rings. The molecule has 20 heavy (non-hydrogen) atoms. The monoisotopic (exact) mass is 274 g/mol. The molecule has 2 atom stereocenters. The summed E-state index contributed by atoms with van der Waals surface area (Å²) in [6.45, 7) is 3.40. The molecule has 1 N–H and O–H groups in total. The first-order valence-corrected chi connectivity index (χ1v) is 6.97. The van der Waals surface area contributed by atoms with Gasteiger partial charge in [0, 0.05) is 25.1 Å². The van der Waals surface area contributed by atoms with Crippen LogP contribution in [0.1, 0.15) is 30.8 Å². The van der Waals surface area contributed by atoms with Gasteiger partial charge in [0.1, 0.15) is 11.5 Å². The van der Waals surface area contributed by atoms with Crippen LogP contribution < -0.4 is 5.32 Å². The lowest BCUT2D eigenvalue weighted by Gasteiger charge is -2.25. The lowest BCUT2D eigenvalue weighted by molar-refractivity contribution is -0.134. The van der Waals surface area contributed by atoms with E-state index in [9.17, 15) is 9.59 Å². The molecule has 5 heteroatoms. The van der Waals surface area contributed by atoms with E-state index in [0.29, 0.717) is 30.7 Å². The predicted octanol–water partition coefficient (Wildman–Crippen LogP) is 1.37. The summed E-state index contributed by atoms with van der Waals surface area (Å²) in [7, 11) is 0. The quantitative estimate of drug-likeness (QED) is 0.847. The molecule has 1 aliphatic carbocycles. The Kier molecular flexibility index (Phi) is 3.34. The molecule has 106 valence electrons. The first-order chi connectivity index (χ1) is 9.63. The molecule has 1 aromatic rings. The average Bonchev–Trinajstić information content (AvgIpc) is 2.99. The first kappa shape index (κ1) is 13.0. The summed E-state index contributed by atoms with van der Waals surface area (Å²) >= 11 is 0. The van der Waals surface area contributed by atoms with Crippen molar-refractivity contribution in [1.82, 2.24) is 10.2 Å². The third-order valence-corrected chi connectivity index (χ3v) is 3.86. The Balaban J connectivity index is 1.60. The fourth-order valence-electron chi connectivity index (χ4n) is 2.46. The molecule has 2 amide bonds. The number of amides is 2. The molecule has 1 saturated heterocycles. The van der Waals surface area contributed by atoms with Crippen molar-refractivity contribution in [3.63, 3.8) is 0 Å². The molecule has 0 aromatic carbocycles. The van der Waals surface area contributed by atoms with Crippen LogP contribution in [0.4, 0.5) is 0 Å². The lowest BCUT2D eigenvalue weighted by atomic mass is 10.3. The summed E-state index contributed by atoms with van der Waals surface area (Å²) in [4.78, 5) is 24.7. The number of carbonyl (C=O) groups excluding carboxylic acids is 2. The molecule has 0 unspecified atom stereocenters. The maximum atomic E-state index is 11.9. The van der Waals surface area contributed by atoms with E-state index in [0.717, 1.165) is 5.76 Å². The zero-order valence-corrected chi connectivity index (χ0v) is 11.5. The van der Waals surface area contributed by atoms with Gasteiger partial charge in [-0.05, 0) is 30.5 Å². The van der Waals surface area contributed by atoms with Gasteiger partial charge in [0.25, 0.3) is 0 Å². The van der Waals surface area contributed by atoms with Crippen LogP contribution in [0.25, 0.3) is 6.08 Å². The van der Waals surface area contributed by atoms with Crippen molar-refractivity contribution in [2.75, 3.05) is 19.6 Å². The molecule has 2 aliphatic rings. The predicted molar refractivity (Wildman–Crippen MR) is 73.9 cm³/mol. The number of rotatable bonds is 3. The second-order valence-corrected chi connectivity index (χ2v) is 5.50. The van der Waals surface area contributed by atoms with Crippen LogP contribution in [0.5, 0.6) is 0 Å². The van der Waals surface area contributed by atoms with E-state index in [-0.39, 0.29) is 18.4 Å². The van der Waals surface area contributed by atoms with Crippen molar-refractivity contribution in [3.8, 4) is 0 Å². The first-order valence-electron chi connectivity index (χ1n) is 6.97. The Labute approximate surface area is 117 Å². The number of carbonyl (C=O) groups is 2. The maximum absolute atomic E-state index is 11.9. The summed E-state index contributed by atoms with van der Waals surface area (Å²) in [6.07, 6.45) is 4.32. The Morgan fingerprint density at radius 2 is 2.30 bits per heavy atom. The van der Waals surface area contributed by atoms with E-state index in [1.807, 2.05) is 12.1 Å². The topological polar surface area (TPSA) is 62.6 Å². The summed E-state index contributed by atoms with van der Waals surface area (Å²) in [6, 6.07) is 3.86. The van der Waals surface area contributed by atoms with Crippen LogP contribution in [0.2, 0.25) is 0 Å². The van der Waals surface area contributed by atoms with Gasteiger partial charge in [0.2, 0.25) is 11.8 Å². The average molecular weight is 274 g/mol. The van der Waals surface area contributed by atoms with E-state index >= 15 is 0 Å². The minimum Gasteiger partial charge on any atom is -0.461 e. The standard InChI is InChI=1S/C15H18N2O3/c1-10-8-12(10)13-4-2-11(20-13)3-5-15(19)17-7-6-16-14(18)9-17/h2-5,10,12H,6-9H2,1H3,(H,16,18)/b5-3-/t10-,12-/m1/s1. The van der Waals surface area contributed by atoms with Crippen molar-refractivity contribution >= 4 is 17.9 Å². The van der Waals surface area contributed by atoms with Gasteiger partial charge in [-0.2, -0.15) is 0 Å². The Hall–Kier alpha value is -2.04. The third kappa shape index (κ3) is 2.76. The normalized spacial score (nSPS) is 25.9. The van der Waals surface area contributed by atoms with Crippen LogP contribution in [0, 0.1) is 5.92 Å². The molecule has 1 aromatic heterocycles. The highest BCUT2D eigenvalue weighted by atomic mass is 16.3. The highest BCUT2D eigenvalue weighted by molar-refractivity contribution is 5.94. The molecule has 5 nitrogen and oxygen atoms in total. The molecular weight excluding hydrogens is 256 g/mol. The van der Waals surface area contributed by atoms with Crippen LogP contribution in [0.3, 0.4) is 0 Å². The molecule has 0 radical (unpaired) electrons. The van der Waals surface area contributed by atoms with Crippen molar-refractivity contribution in [2.45, 2.75) is 19.3 Å². The number of piperazine rings is 1. The van der Waals surface area contributed by atoms with E-state index in [1.54, 1.807) is 6.08 Å². The van der Waals surface area contributed by atoms with Gasteiger partial charge in [0.05, 0.1) is 6.54 Å². The second-order valence-electron chi connectivity index (χ2n) is 5.50. The molecule has 0 bridgehead atoms. The Morgan fingerprint density at radius 1 is 1.50 bits per heavy atom. The molecule has 2 heterocycles. The third-order valence-electron chi connectivity index (χ3n) is 3.86. The highest BCUT2D eigenvalue weighted by Crippen LogP contribution is 2.47.